The summed E-state index contributed by atoms with van der Waals surface area (Å²) in [4.78, 5) is 14.4. The number of anilines is 1. The Morgan fingerprint density at radius 1 is 1.35 bits per heavy atom. The van der Waals surface area contributed by atoms with E-state index in [1.807, 2.05) is 17.9 Å². The molecule has 0 unspecified atom stereocenters. The number of aromatic nitrogens is 2. The largest absolute Gasteiger partial charge is 0.391 e. The Morgan fingerprint density at radius 3 is 2.83 bits per heavy atom. The molecule has 5 nitrogen and oxygen atoms in total. The van der Waals surface area contributed by atoms with Gasteiger partial charge in [0.1, 0.15) is 5.02 Å². The van der Waals surface area contributed by atoms with E-state index in [4.69, 9.17) is 23.2 Å². The van der Waals surface area contributed by atoms with Gasteiger partial charge in [-0.3, -0.25) is 4.79 Å². The van der Waals surface area contributed by atoms with Crippen molar-refractivity contribution in [1.82, 2.24) is 9.78 Å². The molecular weight excluding hydrogens is 337 g/mol. The lowest BCUT2D eigenvalue weighted by Gasteiger charge is -2.32. The van der Waals surface area contributed by atoms with E-state index in [2.05, 4.69) is 5.10 Å². The number of hydrogen-bond donors (Lipinski definition) is 1. The molecule has 2 heterocycles. The Hall–Kier alpha value is -1.56. The number of β-amino-alcohol motifs (C(OH)–C–C–N with tert-alkyl or cyclic N) is 1. The number of aliphatic hydroxyl groups is 1. The summed E-state index contributed by atoms with van der Waals surface area (Å²) in [7, 11) is 0. The van der Waals surface area contributed by atoms with Crippen molar-refractivity contribution in [2.24, 2.45) is 0 Å². The number of aryl methyl sites for hydroxylation is 1. The van der Waals surface area contributed by atoms with Crippen LogP contribution in [0.25, 0.3) is 5.69 Å². The molecular formula is C16H17Cl2N3O2. The van der Waals surface area contributed by atoms with Gasteiger partial charge in [-0.1, -0.05) is 29.3 Å². The molecule has 1 atom stereocenters. The fourth-order valence-electron chi connectivity index (χ4n) is 2.72. The minimum atomic E-state index is -0.404. The van der Waals surface area contributed by atoms with E-state index in [1.165, 1.54) is 4.68 Å². The van der Waals surface area contributed by atoms with Crippen LogP contribution in [0.3, 0.4) is 0 Å². The summed E-state index contributed by atoms with van der Waals surface area (Å²) in [6.07, 6.45) is 2.78. The van der Waals surface area contributed by atoms with E-state index in [-0.39, 0.29) is 5.02 Å². The lowest BCUT2D eigenvalue weighted by molar-refractivity contribution is 0.154. The van der Waals surface area contributed by atoms with Crippen molar-refractivity contribution in [2.75, 3.05) is 18.0 Å². The quantitative estimate of drug-likeness (QED) is 0.901. The minimum Gasteiger partial charge on any atom is -0.391 e. The van der Waals surface area contributed by atoms with Gasteiger partial charge in [0.15, 0.2) is 0 Å². The van der Waals surface area contributed by atoms with Gasteiger partial charge in [-0.25, -0.2) is 0 Å². The van der Waals surface area contributed by atoms with Gasteiger partial charge in [0.05, 0.1) is 23.7 Å². The van der Waals surface area contributed by atoms with Crippen LogP contribution in [0.4, 0.5) is 5.69 Å². The highest BCUT2D eigenvalue weighted by Crippen LogP contribution is 2.25. The number of rotatable bonds is 2. The molecule has 1 aliphatic rings. The molecule has 7 heteroatoms. The Labute approximate surface area is 144 Å². The molecule has 122 valence electrons. The molecule has 0 saturated carbocycles. The summed E-state index contributed by atoms with van der Waals surface area (Å²) in [6, 6.07) is 5.29. The maximum absolute atomic E-state index is 12.5. The van der Waals surface area contributed by atoms with Crippen LogP contribution in [-0.2, 0) is 0 Å². The van der Waals surface area contributed by atoms with Gasteiger partial charge in [0.2, 0.25) is 0 Å². The van der Waals surface area contributed by atoms with E-state index in [0.29, 0.717) is 22.9 Å². The van der Waals surface area contributed by atoms with Gasteiger partial charge in [-0.15, -0.1) is 0 Å². The van der Waals surface area contributed by atoms with Crippen LogP contribution in [-0.4, -0.2) is 34.1 Å². The smallest absolute Gasteiger partial charge is 0.292 e. The first-order valence-corrected chi connectivity index (χ1v) is 8.20. The Kier molecular flexibility index (Phi) is 4.62. The molecule has 0 aliphatic carbocycles. The molecule has 23 heavy (non-hydrogen) atoms. The van der Waals surface area contributed by atoms with Gasteiger partial charge < -0.3 is 10.0 Å². The molecule has 0 radical (unpaired) electrons. The maximum atomic E-state index is 12.5. The second-order valence-electron chi connectivity index (χ2n) is 5.74. The predicted octanol–water partition coefficient (Wildman–Crippen LogP) is 2.81. The summed E-state index contributed by atoms with van der Waals surface area (Å²) in [5.74, 6) is 0. The maximum Gasteiger partial charge on any atom is 0.292 e. The number of benzene rings is 1. The molecule has 3 rings (SSSR count). The van der Waals surface area contributed by atoms with Crippen molar-refractivity contribution < 1.29 is 5.11 Å². The number of aliphatic hydroxyl groups excluding tert-OH is 1. The number of nitrogens with zero attached hydrogens (tertiary/aromatic N) is 3. The van der Waals surface area contributed by atoms with Gasteiger partial charge in [-0.05, 0) is 37.5 Å². The fraction of sp³-hybridized carbons (Fsp3) is 0.375. The molecule has 1 N–H and O–H groups in total. The van der Waals surface area contributed by atoms with Crippen molar-refractivity contribution in [3.05, 3.63) is 50.4 Å². The van der Waals surface area contributed by atoms with Gasteiger partial charge >= 0.3 is 0 Å². The van der Waals surface area contributed by atoms with Crippen LogP contribution in [0.5, 0.6) is 0 Å². The first kappa shape index (κ1) is 16.3. The molecule has 1 saturated heterocycles. The average molecular weight is 354 g/mol. The van der Waals surface area contributed by atoms with E-state index in [1.54, 1.807) is 18.3 Å². The highest BCUT2D eigenvalue weighted by Gasteiger charge is 2.22. The van der Waals surface area contributed by atoms with Crippen molar-refractivity contribution in [3.63, 3.8) is 0 Å². The van der Waals surface area contributed by atoms with Gasteiger partial charge in [-0.2, -0.15) is 9.78 Å². The zero-order valence-corrected chi connectivity index (χ0v) is 14.2. The van der Waals surface area contributed by atoms with Crippen molar-refractivity contribution in [1.29, 1.82) is 0 Å². The second kappa shape index (κ2) is 6.51. The first-order valence-electron chi connectivity index (χ1n) is 7.44. The van der Waals surface area contributed by atoms with Crippen molar-refractivity contribution in [3.8, 4) is 5.69 Å². The van der Waals surface area contributed by atoms with E-state index >= 15 is 0 Å². The molecule has 1 aromatic heterocycles. The Morgan fingerprint density at radius 2 is 2.13 bits per heavy atom. The summed E-state index contributed by atoms with van der Waals surface area (Å²) >= 11 is 12.4. The SMILES string of the molecule is Cc1ccc(-n2ncc(N3CCC[C@@H](O)C3)c(Cl)c2=O)cc1Cl. The normalized spacial score (nSPS) is 18.3. The van der Waals surface area contributed by atoms with Gasteiger partial charge in [0.25, 0.3) is 5.56 Å². The third-order valence-corrected chi connectivity index (χ3v) is 4.80. The van der Waals surface area contributed by atoms with Crippen LogP contribution < -0.4 is 10.5 Å². The Balaban J connectivity index is 2.00. The summed E-state index contributed by atoms with van der Waals surface area (Å²) in [6.45, 7) is 3.10. The predicted molar refractivity (Wildman–Crippen MR) is 92.0 cm³/mol. The minimum absolute atomic E-state index is 0.103. The average Bonchev–Trinajstić information content (AvgIpc) is 2.53. The molecule has 2 aromatic rings. The van der Waals surface area contributed by atoms with E-state index in [9.17, 15) is 9.90 Å². The number of piperidine rings is 1. The third-order valence-electron chi connectivity index (χ3n) is 4.04. The zero-order valence-electron chi connectivity index (χ0n) is 12.7. The summed E-state index contributed by atoms with van der Waals surface area (Å²) in [5, 5.41) is 14.7. The van der Waals surface area contributed by atoms with Crippen molar-refractivity contribution in [2.45, 2.75) is 25.9 Å². The summed E-state index contributed by atoms with van der Waals surface area (Å²) in [5.41, 5.74) is 1.65. The van der Waals surface area contributed by atoms with Crippen LogP contribution in [0.15, 0.2) is 29.2 Å². The summed E-state index contributed by atoms with van der Waals surface area (Å²) < 4.78 is 1.23. The molecule has 0 amide bonds. The highest BCUT2D eigenvalue weighted by atomic mass is 35.5. The van der Waals surface area contributed by atoms with Crippen LogP contribution >= 0.6 is 23.2 Å². The molecule has 1 aliphatic heterocycles. The first-order chi connectivity index (χ1) is 11.0. The highest BCUT2D eigenvalue weighted by molar-refractivity contribution is 6.33. The zero-order chi connectivity index (χ0) is 16.6. The standard InChI is InChI=1S/C16H17Cl2N3O2/c1-10-4-5-11(7-13(10)17)21-16(23)15(18)14(8-19-21)20-6-2-3-12(22)9-20/h4-5,7-8,12,22H,2-3,6,9H2,1H3/t12-/m1/s1. The van der Waals surface area contributed by atoms with Crippen LogP contribution in [0.1, 0.15) is 18.4 Å². The Bertz CT molecular complexity index is 791. The number of halogens is 2. The lowest BCUT2D eigenvalue weighted by Crippen LogP contribution is -2.39. The molecule has 0 bridgehead atoms. The second-order valence-corrected chi connectivity index (χ2v) is 6.52. The van der Waals surface area contributed by atoms with Crippen LogP contribution in [0.2, 0.25) is 10.0 Å². The molecule has 0 spiro atoms. The van der Waals surface area contributed by atoms with E-state index < -0.39 is 11.7 Å². The topological polar surface area (TPSA) is 58.4 Å². The van der Waals surface area contributed by atoms with Crippen LogP contribution in [0, 0.1) is 6.92 Å². The van der Waals surface area contributed by atoms with E-state index in [0.717, 1.165) is 24.9 Å². The molecule has 1 fully saturated rings. The monoisotopic (exact) mass is 353 g/mol. The lowest BCUT2D eigenvalue weighted by atomic mass is 10.1. The van der Waals surface area contributed by atoms with Crippen molar-refractivity contribution >= 4 is 28.9 Å². The molecule has 1 aromatic carbocycles. The fourth-order valence-corrected chi connectivity index (χ4v) is 3.14. The number of hydrogen-bond acceptors (Lipinski definition) is 4. The third kappa shape index (κ3) is 3.22. The van der Waals surface area contributed by atoms with Gasteiger partial charge in [0, 0.05) is 18.1 Å².